The molecule has 0 aliphatic heterocycles. The molecule has 20 heavy (non-hydrogen) atoms. The van der Waals surface area contributed by atoms with E-state index in [1.165, 1.54) is 25.3 Å². The van der Waals surface area contributed by atoms with Gasteiger partial charge >= 0.3 is 6.18 Å². The Balaban J connectivity index is 1.74. The smallest absolute Gasteiger partial charge is 0.369 e. The van der Waals surface area contributed by atoms with E-state index in [9.17, 15) is 13.2 Å². The molecule has 0 radical (unpaired) electrons. The molecule has 108 valence electrons. The zero-order valence-electron chi connectivity index (χ0n) is 10.7. The van der Waals surface area contributed by atoms with Crippen LogP contribution in [0.5, 0.6) is 0 Å². The molecule has 1 saturated carbocycles. The summed E-state index contributed by atoms with van der Waals surface area (Å²) in [6, 6.07) is 3.09. The van der Waals surface area contributed by atoms with Crippen molar-refractivity contribution < 1.29 is 13.2 Å². The van der Waals surface area contributed by atoms with Gasteiger partial charge in [-0.15, -0.1) is 15.3 Å². The largest absolute Gasteiger partial charge is 0.453 e. The van der Waals surface area contributed by atoms with Gasteiger partial charge in [-0.1, -0.05) is 19.3 Å². The number of alkyl halides is 3. The normalized spacial score (nSPS) is 16.4. The summed E-state index contributed by atoms with van der Waals surface area (Å²) in [5, 5.41) is 13.5. The van der Waals surface area contributed by atoms with Crippen LogP contribution in [-0.4, -0.2) is 26.4 Å². The second-order valence-electron chi connectivity index (χ2n) is 5.02. The Morgan fingerprint density at radius 1 is 1.25 bits per heavy atom. The highest BCUT2D eigenvalue weighted by Gasteiger charge is 2.37. The summed E-state index contributed by atoms with van der Waals surface area (Å²) in [6.45, 7) is 0.715. The van der Waals surface area contributed by atoms with E-state index in [1.807, 2.05) is 0 Å². The molecule has 0 atom stereocenters. The summed E-state index contributed by atoms with van der Waals surface area (Å²) in [7, 11) is 0. The first-order valence-electron chi connectivity index (χ1n) is 6.57. The van der Waals surface area contributed by atoms with Crippen LogP contribution in [0.15, 0.2) is 12.1 Å². The Kier molecular flexibility index (Phi) is 3.23. The van der Waals surface area contributed by atoms with Crippen molar-refractivity contribution in [1.29, 1.82) is 0 Å². The fourth-order valence-electron chi connectivity index (χ4n) is 2.25. The molecule has 8 heteroatoms. The van der Waals surface area contributed by atoms with E-state index in [0.29, 0.717) is 12.4 Å². The summed E-state index contributed by atoms with van der Waals surface area (Å²) in [4.78, 5) is 0. The quantitative estimate of drug-likeness (QED) is 0.938. The minimum absolute atomic E-state index is 0.0851. The van der Waals surface area contributed by atoms with Gasteiger partial charge in [-0.25, -0.2) is 0 Å². The molecular weight excluding hydrogens is 271 g/mol. The van der Waals surface area contributed by atoms with Gasteiger partial charge < -0.3 is 5.32 Å². The molecule has 2 aromatic heterocycles. The number of hydrogen-bond acceptors (Lipinski definition) is 4. The lowest BCUT2D eigenvalue weighted by Crippen LogP contribution is -2.17. The second-order valence-corrected chi connectivity index (χ2v) is 5.02. The number of hydrogen-bond donors (Lipinski definition) is 1. The van der Waals surface area contributed by atoms with Crippen LogP contribution in [0.1, 0.15) is 31.5 Å². The summed E-state index contributed by atoms with van der Waals surface area (Å²) in [5.41, 5.74) is 0.0851. The highest BCUT2D eigenvalue weighted by molar-refractivity contribution is 5.44. The Morgan fingerprint density at radius 3 is 2.70 bits per heavy atom. The van der Waals surface area contributed by atoms with E-state index in [1.54, 1.807) is 6.07 Å². The lowest BCUT2D eigenvalue weighted by molar-refractivity contribution is -0.146. The molecule has 5 nitrogen and oxygen atoms in total. The molecule has 3 rings (SSSR count). The third-order valence-corrected chi connectivity index (χ3v) is 3.60. The summed E-state index contributed by atoms with van der Waals surface area (Å²) < 4.78 is 38.9. The minimum Gasteiger partial charge on any atom is -0.369 e. The van der Waals surface area contributed by atoms with Crippen LogP contribution in [0, 0.1) is 5.92 Å². The standard InChI is InChI=1S/C12H14F3N5/c13-12(14,15)11-18-17-10-5-4-9(19-20(10)11)16-7-6-8-2-1-3-8/h4-5,8H,1-3,6-7H2,(H,16,19). The van der Waals surface area contributed by atoms with E-state index in [0.717, 1.165) is 16.9 Å². The van der Waals surface area contributed by atoms with Crippen molar-refractivity contribution in [3.8, 4) is 0 Å². The average Bonchev–Trinajstić information content (AvgIpc) is 2.75. The molecule has 2 aromatic rings. The maximum absolute atomic E-state index is 12.7. The number of nitrogens with one attached hydrogen (secondary N) is 1. The molecular formula is C12H14F3N5. The monoisotopic (exact) mass is 285 g/mol. The Bertz CT molecular complexity index is 603. The van der Waals surface area contributed by atoms with Gasteiger partial charge in [0, 0.05) is 6.54 Å². The van der Waals surface area contributed by atoms with Crippen molar-refractivity contribution in [3.63, 3.8) is 0 Å². The third-order valence-electron chi connectivity index (χ3n) is 3.60. The summed E-state index contributed by atoms with van der Waals surface area (Å²) >= 11 is 0. The molecule has 0 amide bonds. The van der Waals surface area contributed by atoms with Crippen LogP contribution in [0.2, 0.25) is 0 Å². The molecule has 1 fully saturated rings. The van der Waals surface area contributed by atoms with Gasteiger partial charge in [-0.05, 0) is 24.5 Å². The number of halogens is 3. The van der Waals surface area contributed by atoms with Gasteiger partial charge in [-0.2, -0.15) is 17.7 Å². The van der Waals surface area contributed by atoms with Crippen LogP contribution < -0.4 is 5.32 Å². The molecule has 1 aliphatic carbocycles. The number of nitrogens with zero attached hydrogens (tertiary/aromatic N) is 4. The SMILES string of the molecule is FC(F)(F)c1nnc2ccc(NCCC3CCC3)nn12. The molecule has 1 aliphatic rings. The predicted molar refractivity (Wildman–Crippen MR) is 66.2 cm³/mol. The first-order chi connectivity index (χ1) is 9.54. The molecule has 0 aromatic carbocycles. The van der Waals surface area contributed by atoms with Crippen molar-refractivity contribution >= 4 is 11.5 Å². The van der Waals surface area contributed by atoms with Gasteiger partial charge in [0.25, 0.3) is 5.82 Å². The van der Waals surface area contributed by atoms with Crippen molar-refractivity contribution in [3.05, 3.63) is 18.0 Å². The highest BCUT2D eigenvalue weighted by Crippen LogP contribution is 2.29. The number of rotatable bonds is 4. The Labute approximate surface area is 113 Å². The Hall–Kier alpha value is -1.86. The van der Waals surface area contributed by atoms with Crippen molar-refractivity contribution in [2.24, 2.45) is 5.92 Å². The molecule has 0 bridgehead atoms. The summed E-state index contributed by atoms with van der Waals surface area (Å²) in [6.07, 6.45) is 0.241. The average molecular weight is 285 g/mol. The van der Waals surface area contributed by atoms with Crippen LogP contribution >= 0.6 is 0 Å². The minimum atomic E-state index is -4.56. The number of aromatic nitrogens is 4. The molecule has 0 saturated heterocycles. The number of fused-ring (bicyclic) bond motifs is 1. The Morgan fingerprint density at radius 2 is 2.05 bits per heavy atom. The van der Waals surface area contributed by atoms with Gasteiger partial charge in [0.05, 0.1) is 0 Å². The van der Waals surface area contributed by atoms with E-state index < -0.39 is 12.0 Å². The van der Waals surface area contributed by atoms with Crippen molar-refractivity contribution in [2.75, 3.05) is 11.9 Å². The van der Waals surface area contributed by atoms with Gasteiger partial charge in [0.2, 0.25) is 0 Å². The molecule has 2 heterocycles. The topological polar surface area (TPSA) is 55.1 Å². The second kappa shape index (κ2) is 4.92. The number of anilines is 1. The van der Waals surface area contributed by atoms with Gasteiger partial charge in [0.15, 0.2) is 5.65 Å². The van der Waals surface area contributed by atoms with Crippen molar-refractivity contribution in [2.45, 2.75) is 31.9 Å². The van der Waals surface area contributed by atoms with E-state index in [-0.39, 0.29) is 5.65 Å². The van der Waals surface area contributed by atoms with Gasteiger partial charge in [-0.3, -0.25) is 0 Å². The highest BCUT2D eigenvalue weighted by atomic mass is 19.4. The summed E-state index contributed by atoms with van der Waals surface area (Å²) in [5.74, 6) is 0.0455. The van der Waals surface area contributed by atoms with E-state index in [2.05, 4.69) is 20.6 Å². The van der Waals surface area contributed by atoms with Crippen LogP contribution in [-0.2, 0) is 6.18 Å². The fourth-order valence-corrected chi connectivity index (χ4v) is 2.25. The zero-order chi connectivity index (χ0) is 14.2. The molecule has 1 N–H and O–H groups in total. The maximum Gasteiger partial charge on any atom is 0.453 e. The fraction of sp³-hybridized carbons (Fsp3) is 0.583. The van der Waals surface area contributed by atoms with Gasteiger partial charge in [0.1, 0.15) is 5.82 Å². The maximum atomic E-state index is 12.7. The van der Waals surface area contributed by atoms with Crippen LogP contribution in [0.25, 0.3) is 5.65 Å². The zero-order valence-corrected chi connectivity index (χ0v) is 10.7. The first kappa shape index (κ1) is 13.1. The lowest BCUT2D eigenvalue weighted by Gasteiger charge is -2.25. The third kappa shape index (κ3) is 2.54. The van der Waals surface area contributed by atoms with Crippen LogP contribution in [0.4, 0.5) is 19.0 Å². The van der Waals surface area contributed by atoms with Crippen molar-refractivity contribution in [1.82, 2.24) is 19.8 Å². The predicted octanol–water partition coefficient (Wildman–Crippen LogP) is 2.75. The molecule has 0 unspecified atom stereocenters. The lowest BCUT2D eigenvalue weighted by atomic mass is 9.83. The van der Waals surface area contributed by atoms with E-state index >= 15 is 0 Å². The van der Waals surface area contributed by atoms with E-state index in [4.69, 9.17) is 0 Å². The molecule has 0 spiro atoms. The first-order valence-corrected chi connectivity index (χ1v) is 6.57. The van der Waals surface area contributed by atoms with Crippen LogP contribution in [0.3, 0.4) is 0 Å².